The van der Waals surface area contributed by atoms with E-state index in [-0.39, 0.29) is 0 Å². The summed E-state index contributed by atoms with van der Waals surface area (Å²) in [5, 5.41) is 8.16. The largest absolute Gasteiger partial charge is 0.357 e. The van der Waals surface area contributed by atoms with Gasteiger partial charge in [-0.15, -0.1) is 11.3 Å². The summed E-state index contributed by atoms with van der Waals surface area (Å²) < 4.78 is 0. The van der Waals surface area contributed by atoms with E-state index in [4.69, 9.17) is 4.99 Å². The van der Waals surface area contributed by atoms with E-state index < -0.39 is 0 Å². The number of thiazole rings is 1. The summed E-state index contributed by atoms with van der Waals surface area (Å²) >= 11 is 1.78. The maximum atomic E-state index is 4.79. The molecule has 0 amide bonds. The molecule has 0 aliphatic carbocycles. The van der Waals surface area contributed by atoms with E-state index >= 15 is 0 Å². The smallest absolute Gasteiger partial charge is 0.191 e. The van der Waals surface area contributed by atoms with Gasteiger partial charge in [-0.3, -0.25) is 14.9 Å². The molecule has 0 unspecified atom stereocenters. The highest BCUT2D eigenvalue weighted by Gasteiger charge is 2.20. The van der Waals surface area contributed by atoms with Gasteiger partial charge in [0.15, 0.2) is 5.96 Å². The van der Waals surface area contributed by atoms with Gasteiger partial charge in [-0.05, 0) is 45.7 Å². The van der Waals surface area contributed by atoms with Gasteiger partial charge in [-0.25, -0.2) is 4.98 Å². The fourth-order valence-electron chi connectivity index (χ4n) is 3.54. The Kier molecular flexibility index (Phi) is 7.80. The standard InChI is InChI=1S/C21H32N6S/c1-4-22-21(24-12-8-20-16(2)25-17(3)28-20)26-18-9-13-27(14-10-18)15-19-7-5-6-11-23-19/h5-7,11,18H,4,8-10,12-15H2,1-3H3,(H2,22,24,26). The van der Waals surface area contributed by atoms with Gasteiger partial charge >= 0.3 is 0 Å². The van der Waals surface area contributed by atoms with Crippen LogP contribution in [0.3, 0.4) is 0 Å². The van der Waals surface area contributed by atoms with E-state index in [0.717, 1.165) is 74.3 Å². The van der Waals surface area contributed by atoms with E-state index in [0.29, 0.717) is 6.04 Å². The summed E-state index contributed by atoms with van der Waals surface area (Å²) in [6.07, 6.45) is 5.09. The van der Waals surface area contributed by atoms with Crippen LogP contribution in [0.1, 0.15) is 41.0 Å². The average molecular weight is 401 g/mol. The van der Waals surface area contributed by atoms with Crippen LogP contribution in [0.15, 0.2) is 29.4 Å². The minimum Gasteiger partial charge on any atom is -0.357 e. The summed E-state index contributed by atoms with van der Waals surface area (Å²) in [5.74, 6) is 0.935. The highest BCUT2D eigenvalue weighted by molar-refractivity contribution is 7.11. The summed E-state index contributed by atoms with van der Waals surface area (Å²) in [4.78, 5) is 17.6. The highest BCUT2D eigenvalue weighted by atomic mass is 32.1. The van der Waals surface area contributed by atoms with Gasteiger partial charge in [0.2, 0.25) is 0 Å². The Hall–Kier alpha value is -1.99. The van der Waals surface area contributed by atoms with Crippen molar-refractivity contribution in [2.75, 3.05) is 26.2 Å². The fraction of sp³-hybridized carbons (Fsp3) is 0.571. The molecule has 28 heavy (non-hydrogen) atoms. The topological polar surface area (TPSA) is 65.4 Å². The molecule has 1 aliphatic heterocycles. The van der Waals surface area contributed by atoms with E-state index in [9.17, 15) is 0 Å². The molecule has 3 rings (SSSR count). The Morgan fingerprint density at radius 2 is 2.11 bits per heavy atom. The Bertz CT molecular complexity index is 750. The third-order valence-electron chi connectivity index (χ3n) is 4.99. The van der Waals surface area contributed by atoms with Crippen LogP contribution in [-0.4, -0.2) is 53.0 Å². The van der Waals surface area contributed by atoms with E-state index in [1.165, 1.54) is 4.88 Å². The number of aryl methyl sites for hydroxylation is 2. The Balaban J connectivity index is 1.45. The number of nitrogens with zero attached hydrogens (tertiary/aromatic N) is 4. The Morgan fingerprint density at radius 1 is 1.29 bits per heavy atom. The second kappa shape index (κ2) is 10.5. The van der Waals surface area contributed by atoms with Gasteiger partial charge in [0.1, 0.15) is 0 Å². The monoisotopic (exact) mass is 400 g/mol. The molecule has 3 heterocycles. The van der Waals surface area contributed by atoms with Crippen molar-refractivity contribution in [1.82, 2.24) is 25.5 Å². The van der Waals surface area contributed by atoms with Crippen molar-refractivity contribution in [2.24, 2.45) is 4.99 Å². The number of aromatic nitrogens is 2. The SMILES string of the molecule is CCNC(=NCCc1sc(C)nc1C)NC1CCN(Cc2ccccn2)CC1. The zero-order valence-corrected chi connectivity index (χ0v) is 18.1. The van der Waals surface area contributed by atoms with Gasteiger partial charge in [-0.1, -0.05) is 6.07 Å². The van der Waals surface area contributed by atoms with E-state index in [1.54, 1.807) is 11.3 Å². The van der Waals surface area contributed by atoms with Crippen LogP contribution >= 0.6 is 11.3 Å². The predicted octanol–water partition coefficient (Wildman–Crippen LogP) is 2.92. The molecule has 7 heteroatoms. The van der Waals surface area contributed by atoms with Crippen molar-refractivity contribution in [1.29, 1.82) is 0 Å². The summed E-state index contributed by atoms with van der Waals surface area (Å²) in [7, 11) is 0. The predicted molar refractivity (Wildman–Crippen MR) is 117 cm³/mol. The molecule has 1 fully saturated rings. The molecule has 2 aromatic heterocycles. The number of hydrogen-bond acceptors (Lipinski definition) is 5. The van der Waals surface area contributed by atoms with Crippen LogP contribution in [0.5, 0.6) is 0 Å². The molecule has 0 atom stereocenters. The van der Waals surface area contributed by atoms with E-state index in [2.05, 4.69) is 58.4 Å². The average Bonchev–Trinajstić information content (AvgIpc) is 3.01. The number of nitrogens with one attached hydrogen (secondary N) is 2. The summed E-state index contributed by atoms with van der Waals surface area (Å²) in [6.45, 7) is 11.1. The lowest BCUT2D eigenvalue weighted by Crippen LogP contribution is -2.48. The molecular formula is C21H32N6S. The lowest BCUT2D eigenvalue weighted by atomic mass is 10.0. The minimum absolute atomic E-state index is 0.477. The zero-order valence-electron chi connectivity index (χ0n) is 17.2. The van der Waals surface area contributed by atoms with Gasteiger partial charge in [-0.2, -0.15) is 0 Å². The van der Waals surface area contributed by atoms with Crippen LogP contribution < -0.4 is 10.6 Å². The van der Waals surface area contributed by atoms with Crippen LogP contribution in [0.25, 0.3) is 0 Å². The molecule has 1 aliphatic rings. The Labute approximate surface area is 172 Å². The molecule has 0 saturated carbocycles. The van der Waals surface area contributed by atoms with Crippen molar-refractivity contribution < 1.29 is 0 Å². The molecule has 152 valence electrons. The van der Waals surface area contributed by atoms with Crippen molar-refractivity contribution >= 4 is 17.3 Å². The first-order valence-electron chi connectivity index (χ1n) is 10.2. The molecule has 2 N–H and O–H groups in total. The molecule has 1 saturated heterocycles. The van der Waals surface area contributed by atoms with Crippen LogP contribution in [0.2, 0.25) is 0 Å². The van der Waals surface area contributed by atoms with Crippen LogP contribution in [0.4, 0.5) is 0 Å². The number of piperidine rings is 1. The maximum absolute atomic E-state index is 4.79. The lowest BCUT2D eigenvalue weighted by molar-refractivity contribution is 0.196. The number of aliphatic imine (C=N–C) groups is 1. The fourth-order valence-corrected chi connectivity index (χ4v) is 4.47. The van der Waals surface area contributed by atoms with Gasteiger partial charge in [0, 0.05) is 56.3 Å². The molecule has 2 aromatic rings. The quantitative estimate of drug-likeness (QED) is 0.553. The Morgan fingerprint density at radius 3 is 2.75 bits per heavy atom. The minimum atomic E-state index is 0.477. The van der Waals surface area contributed by atoms with Crippen molar-refractivity contribution in [2.45, 2.75) is 52.6 Å². The van der Waals surface area contributed by atoms with E-state index in [1.807, 2.05) is 12.3 Å². The maximum Gasteiger partial charge on any atom is 0.191 e. The second-order valence-electron chi connectivity index (χ2n) is 7.27. The van der Waals surface area contributed by atoms with Gasteiger partial charge in [0.25, 0.3) is 0 Å². The lowest BCUT2D eigenvalue weighted by Gasteiger charge is -2.32. The normalized spacial score (nSPS) is 16.3. The van der Waals surface area contributed by atoms with Crippen molar-refractivity contribution in [3.63, 3.8) is 0 Å². The van der Waals surface area contributed by atoms with Gasteiger partial charge in [0.05, 0.1) is 16.4 Å². The van der Waals surface area contributed by atoms with Crippen molar-refractivity contribution in [3.8, 4) is 0 Å². The molecule has 6 nitrogen and oxygen atoms in total. The highest BCUT2D eigenvalue weighted by Crippen LogP contribution is 2.17. The first kappa shape index (κ1) is 20.7. The number of rotatable bonds is 7. The third kappa shape index (κ3) is 6.27. The number of pyridine rings is 1. The van der Waals surface area contributed by atoms with Gasteiger partial charge < -0.3 is 10.6 Å². The molecular weight excluding hydrogens is 368 g/mol. The summed E-state index contributed by atoms with van der Waals surface area (Å²) in [5.41, 5.74) is 2.30. The number of hydrogen-bond donors (Lipinski definition) is 2. The zero-order chi connectivity index (χ0) is 19.8. The van der Waals surface area contributed by atoms with Crippen LogP contribution in [0, 0.1) is 13.8 Å². The molecule has 0 spiro atoms. The van der Waals surface area contributed by atoms with Crippen LogP contribution in [-0.2, 0) is 13.0 Å². The molecule has 0 bridgehead atoms. The first-order chi connectivity index (χ1) is 13.6. The number of likely N-dealkylation sites (tertiary alicyclic amines) is 1. The molecule has 0 aromatic carbocycles. The summed E-state index contributed by atoms with van der Waals surface area (Å²) in [6, 6.07) is 6.61. The second-order valence-corrected chi connectivity index (χ2v) is 8.56. The number of guanidine groups is 1. The van der Waals surface area contributed by atoms with Crippen molar-refractivity contribution in [3.05, 3.63) is 45.7 Å². The third-order valence-corrected chi connectivity index (χ3v) is 6.13. The first-order valence-corrected chi connectivity index (χ1v) is 11.1. The molecule has 0 radical (unpaired) electrons.